The van der Waals surface area contributed by atoms with Gasteiger partial charge in [0.25, 0.3) is 11.8 Å². The molecule has 42 heavy (non-hydrogen) atoms. The first kappa shape index (κ1) is 33.0. The van der Waals surface area contributed by atoms with Gasteiger partial charge in [-0.15, -0.1) is 0 Å². The lowest BCUT2D eigenvalue weighted by molar-refractivity contribution is -0.143. The number of nitrogen functional groups attached to an aromatic ring is 1. The maximum atomic E-state index is 13.0. The fraction of sp³-hybridized carbons (Fsp3) is 0.310. The summed E-state index contributed by atoms with van der Waals surface area (Å²) < 4.78 is 15.7. The summed E-state index contributed by atoms with van der Waals surface area (Å²) in [5.74, 6) is -2.74. The summed E-state index contributed by atoms with van der Waals surface area (Å²) in [6, 6.07) is 9.64. The van der Waals surface area contributed by atoms with E-state index in [4.69, 9.17) is 25.4 Å². The van der Waals surface area contributed by atoms with Gasteiger partial charge in [0.2, 0.25) is 5.91 Å². The molecule has 13 heteroatoms. The van der Waals surface area contributed by atoms with E-state index in [1.54, 1.807) is 21.0 Å². The molecule has 2 rings (SSSR count). The van der Waals surface area contributed by atoms with E-state index < -0.39 is 29.8 Å². The molecule has 0 aliphatic rings. The first-order valence-corrected chi connectivity index (χ1v) is 12.8. The number of amidine groups is 1. The molecule has 0 saturated carbocycles. The normalized spacial score (nSPS) is 11.5. The maximum absolute atomic E-state index is 13.0. The second-order valence-electron chi connectivity index (χ2n) is 9.16. The van der Waals surface area contributed by atoms with Crippen molar-refractivity contribution in [2.45, 2.75) is 26.3 Å². The lowest BCUT2D eigenvalue weighted by Gasteiger charge is -2.20. The fourth-order valence-electron chi connectivity index (χ4n) is 3.60. The third-order valence-corrected chi connectivity index (χ3v) is 5.63. The monoisotopic (exact) mass is 581 g/mol. The number of amides is 3. The second-order valence-corrected chi connectivity index (χ2v) is 9.16. The number of carbonyl (C=O) groups is 5. The standard InChI is InChI=1S/C29H35N5O8/c1-6-41-25(36)15-22(33-27(37)18-7-9-19(10-8-18)28(38)34(3)4)16-42-24-14-21(26(30)31)12-11-20(24)13-23(29(39)40-5)32-17(2)35/h7-14,22H,6,15-16H2,1-5H3,(H3,30,31)(H,32,35)(H,33,37)/t22-/m1/s1. The predicted octanol–water partition coefficient (Wildman–Crippen LogP) is 1.45. The predicted molar refractivity (Wildman–Crippen MR) is 154 cm³/mol. The van der Waals surface area contributed by atoms with E-state index in [0.29, 0.717) is 16.7 Å². The summed E-state index contributed by atoms with van der Waals surface area (Å²) in [5, 5.41) is 12.9. The smallest absolute Gasteiger partial charge is 0.354 e. The minimum atomic E-state index is -0.868. The molecule has 3 amide bonds. The number of esters is 2. The van der Waals surface area contributed by atoms with Crippen molar-refractivity contribution >= 4 is 41.6 Å². The molecule has 224 valence electrons. The quantitative estimate of drug-likeness (QED) is 0.117. The average Bonchev–Trinajstić information content (AvgIpc) is 2.94. The molecule has 5 N–H and O–H groups in total. The van der Waals surface area contributed by atoms with Gasteiger partial charge in [-0.25, -0.2) is 4.79 Å². The van der Waals surface area contributed by atoms with Crippen LogP contribution in [-0.4, -0.2) is 80.9 Å². The number of ether oxygens (including phenoxy) is 3. The Hall–Kier alpha value is -5.20. The lowest BCUT2D eigenvalue weighted by Crippen LogP contribution is -2.41. The number of hydrogen-bond donors (Lipinski definition) is 4. The first-order valence-electron chi connectivity index (χ1n) is 12.8. The third-order valence-electron chi connectivity index (χ3n) is 5.63. The van der Waals surface area contributed by atoms with Gasteiger partial charge in [0.1, 0.15) is 23.9 Å². The molecular formula is C29H35N5O8. The van der Waals surface area contributed by atoms with E-state index in [-0.39, 0.29) is 48.4 Å². The molecule has 2 aromatic carbocycles. The molecule has 0 fully saturated rings. The highest BCUT2D eigenvalue weighted by molar-refractivity contribution is 5.99. The van der Waals surface area contributed by atoms with Gasteiger partial charge in [0.15, 0.2) is 0 Å². The Bertz CT molecular complexity index is 1370. The Morgan fingerprint density at radius 1 is 1.02 bits per heavy atom. The molecule has 0 radical (unpaired) electrons. The van der Waals surface area contributed by atoms with Crippen LogP contribution in [0.4, 0.5) is 0 Å². The second kappa shape index (κ2) is 15.6. The van der Waals surface area contributed by atoms with Crippen molar-refractivity contribution in [3.63, 3.8) is 0 Å². The number of methoxy groups -OCH3 is 1. The summed E-state index contributed by atoms with van der Waals surface area (Å²) in [4.78, 5) is 62.8. The van der Waals surface area contributed by atoms with Crippen LogP contribution in [0, 0.1) is 5.41 Å². The van der Waals surface area contributed by atoms with Crippen LogP contribution in [0.3, 0.4) is 0 Å². The van der Waals surface area contributed by atoms with Crippen LogP contribution in [0.25, 0.3) is 6.08 Å². The van der Waals surface area contributed by atoms with E-state index in [2.05, 4.69) is 10.6 Å². The molecule has 0 spiro atoms. The van der Waals surface area contributed by atoms with Crippen molar-refractivity contribution in [3.8, 4) is 5.75 Å². The number of nitrogens with two attached hydrogens (primary N) is 1. The van der Waals surface area contributed by atoms with Gasteiger partial charge in [-0.1, -0.05) is 12.1 Å². The van der Waals surface area contributed by atoms with E-state index in [1.165, 1.54) is 60.4 Å². The molecule has 0 heterocycles. The summed E-state index contributed by atoms with van der Waals surface area (Å²) in [7, 11) is 4.39. The van der Waals surface area contributed by atoms with Crippen molar-refractivity contribution in [1.29, 1.82) is 5.41 Å². The summed E-state index contributed by atoms with van der Waals surface area (Å²) in [6.45, 7) is 2.79. The Labute approximate surface area is 243 Å². The van der Waals surface area contributed by atoms with Gasteiger partial charge in [0, 0.05) is 43.3 Å². The zero-order valence-corrected chi connectivity index (χ0v) is 24.1. The maximum Gasteiger partial charge on any atom is 0.354 e. The van der Waals surface area contributed by atoms with Crippen molar-refractivity contribution in [1.82, 2.24) is 15.5 Å². The number of nitrogens with one attached hydrogen (secondary N) is 3. The van der Waals surface area contributed by atoms with Crippen molar-refractivity contribution < 1.29 is 38.2 Å². The lowest BCUT2D eigenvalue weighted by atomic mass is 10.1. The SMILES string of the molecule is CCOC(=O)C[C@H](COc1cc(C(=N)N)ccc1C=C(NC(C)=O)C(=O)OC)NC(=O)c1ccc(C(=O)N(C)C)cc1. The molecule has 13 nitrogen and oxygen atoms in total. The molecule has 2 aromatic rings. The van der Waals surface area contributed by atoms with Crippen LogP contribution >= 0.6 is 0 Å². The molecule has 1 atom stereocenters. The van der Waals surface area contributed by atoms with E-state index in [9.17, 15) is 24.0 Å². The van der Waals surface area contributed by atoms with Gasteiger partial charge in [-0.2, -0.15) is 0 Å². The highest BCUT2D eigenvalue weighted by Gasteiger charge is 2.21. The molecule has 0 aromatic heterocycles. The van der Waals surface area contributed by atoms with E-state index in [1.807, 2.05) is 0 Å². The molecule has 0 aliphatic heterocycles. The molecule has 0 unspecified atom stereocenters. The van der Waals surface area contributed by atoms with Crippen LogP contribution in [-0.2, 0) is 23.9 Å². The Balaban J connectivity index is 2.37. The number of carbonyl (C=O) groups excluding carboxylic acids is 5. The molecule has 0 bridgehead atoms. The van der Waals surface area contributed by atoms with Crippen molar-refractivity contribution in [2.75, 3.05) is 34.4 Å². The van der Waals surface area contributed by atoms with Crippen molar-refractivity contribution in [3.05, 3.63) is 70.4 Å². The van der Waals surface area contributed by atoms with Crippen LogP contribution in [0.1, 0.15) is 52.1 Å². The van der Waals surface area contributed by atoms with Crippen LogP contribution in [0.5, 0.6) is 5.75 Å². The number of hydrogen-bond acceptors (Lipinski definition) is 9. The van der Waals surface area contributed by atoms with Gasteiger partial charge in [0.05, 0.1) is 26.2 Å². The first-order chi connectivity index (χ1) is 19.9. The topological polar surface area (TPSA) is 190 Å². The van der Waals surface area contributed by atoms with Gasteiger partial charge < -0.3 is 35.5 Å². The van der Waals surface area contributed by atoms with Crippen LogP contribution < -0.4 is 21.1 Å². The average molecular weight is 582 g/mol. The summed E-state index contributed by atoms with van der Waals surface area (Å²) >= 11 is 0. The van der Waals surface area contributed by atoms with E-state index >= 15 is 0 Å². The third kappa shape index (κ3) is 9.77. The number of nitrogens with zero attached hydrogens (tertiary/aromatic N) is 1. The molecule has 0 saturated heterocycles. The number of rotatable bonds is 13. The Morgan fingerprint density at radius 2 is 1.64 bits per heavy atom. The molecule has 0 aliphatic carbocycles. The highest BCUT2D eigenvalue weighted by Crippen LogP contribution is 2.24. The molecular weight excluding hydrogens is 546 g/mol. The zero-order valence-electron chi connectivity index (χ0n) is 24.1. The summed E-state index contributed by atoms with van der Waals surface area (Å²) in [6.07, 6.45) is 1.09. The van der Waals surface area contributed by atoms with Crippen LogP contribution in [0.15, 0.2) is 48.2 Å². The zero-order chi connectivity index (χ0) is 31.4. The highest BCUT2D eigenvalue weighted by atomic mass is 16.5. The van der Waals surface area contributed by atoms with Crippen LogP contribution in [0.2, 0.25) is 0 Å². The van der Waals surface area contributed by atoms with Crippen molar-refractivity contribution in [2.24, 2.45) is 5.73 Å². The minimum Gasteiger partial charge on any atom is -0.491 e. The van der Waals surface area contributed by atoms with Gasteiger partial charge in [-0.3, -0.25) is 24.6 Å². The number of benzene rings is 2. The fourth-order valence-corrected chi connectivity index (χ4v) is 3.60. The Morgan fingerprint density at radius 3 is 2.19 bits per heavy atom. The summed E-state index contributed by atoms with van der Waals surface area (Å²) in [5.41, 5.74) is 6.74. The largest absolute Gasteiger partial charge is 0.491 e. The minimum absolute atomic E-state index is 0.136. The van der Waals surface area contributed by atoms with E-state index in [0.717, 1.165) is 7.11 Å². The Kier molecular flexibility index (Phi) is 12.2. The van der Waals surface area contributed by atoms with Gasteiger partial charge in [-0.05, 0) is 43.3 Å². The van der Waals surface area contributed by atoms with Gasteiger partial charge >= 0.3 is 11.9 Å².